The molecule has 230 valence electrons. The first-order valence-corrected chi connectivity index (χ1v) is 15.7. The Morgan fingerprint density at radius 3 is 2.56 bits per heavy atom. The van der Waals surface area contributed by atoms with Crippen molar-refractivity contribution in [2.24, 2.45) is 0 Å². The molecule has 2 fully saturated rings. The minimum absolute atomic E-state index is 0.118. The molecule has 0 saturated carbocycles. The summed E-state index contributed by atoms with van der Waals surface area (Å²) in [4.78, 5) is 35.4. The number of aromatic nitrogens is 1. The minimum atomic E-state index is -0.296. The maximum absolute atomic E-state index is 14.3. The predicted molar refractivity (Wildman–Crippen MR) is 177 cm³/mol. The van der Waals surface area contributed by atoms with Crippen LogP contribution in [-0.2, 0) is 24.3 Å². The summed E-state index contributed by atoms with van der Waals surface area (Å²) in [6.45, 7) is 9.05. The van der Waals surface area contributed by atoms with Gasteiger partial charge >= 0.3 is 0 Å². The SMILES string of the molecule is C=C(C)C(=O)N1CCN(c2c3c(n(C[C@@H]4CCCN4C)c(=O)c2C#N)CN(c2cccc4cccc(Cl)c24)CC3)CC1=CC#N. The number of carbonyl (C=O) groups is 1. The van der Waals surface area contributed by atoms with Gasteiger partial charge in [0.2, 0.25) is 0 Å². The van der Waals surface area contributed by atoms with Gasteiger partial charge in [0.05, 0.1) is 35.6 Å². The zero-order valence-electron chi connectivity index (χ0n) is 25.7. The maximum Gasteiger partial charge on any atom is 0.270 e. The highest BCUT2D eigenvalue weighted by atomic mass is 35.5. The summed E-state index contributed by atoms with van der Waals surface area (Å²) in [5, 5.41) is 22.7. The van der Waals surface area contributed by atoms with E-state index < -0.39 is 0 Å². The van der Waals surface area contributed by atoms with E-state index in [1.54, 1.807) is 11.8 Å². The number of amides is 1. The number of rotatable bonds is 5. The number of pyridine rings is 1. The minimum Gasteiger partial charge on any atom is -0.365 e. The van der Waals surface area contributed by atoms with Gasteiger partial charge in [-0.05, 0) is 57.3 Å². The quantitative estimate of drug-likeness (QED) is 0.298. The van der Waals surface area contributed by atoms with E-state index in [2.05, 4.69) is 53.8 Å². The largest absolute Gasteiger partial charge is 0.365 e. The van der Waals surface area contributed by atoms with Crippen molar-refractivity contribution in [3.05, 3.63) is 92.5 Å². The third-order valence-electron chi connectivity index (χ3n) is 9.43. The maximum atomic E-state index is 14.3. The molecule has 45 heavy (non-hydrogen) atoms. The Labute approximate surface area is 268 Å². The average Bonchev–Trinajstić information content (AvgIpc) is 3.45. The number of hydrogen-bond donors (Lipinski definition) is 0. The molecule has 0 radical (unpaired) electrons. The monoisotopic (exact) mass is 621 g/mol. The second kappa shape index (κ2) is 12.4. The molecule has 0 spiro atoms. The number of piperazine rings is 1. The Morgan fingerprint density at radius 1 is 1.09 bits per heavy atom. The van der Waals surface area contributed by atoms with E-state index in [0.717, 1.165) is 47.1 Å². The number of likely N-dealkylation sites (tertiary alicyclic amines) is 1. The van der Waals surface area contributed by atoms with Gasteiger partial charge in [0.1, 0.15) is 11.6 Å². The number of fused-ring (bicyclic) bond motifs is 2. The second-order valence-corrected chi connectivity index (χ2v) is 12.6. The number of allylic oxidation sites excluding steroid dienone is 1. The summed E-state index contributed by atoms with van der Waals surface area (Å²) in [5.41, 5.74) is 4.24. The van der Waals surface area contributed by atoms with E-state index in [9.17, 15) is 20.1 Å². The standard InChI is InChI=1S/C35H36ClN7O2/c1-23(2)34(44)42-18-17-41(20-26(42)12-14-37)33-27-13-16-40(30-11-5-8-24-7-4-10-29(36)32(24)30)22-31(27)43(35(45)28(33)19-38)21-25-9-6-15-39(25)3/h4-5,7-8,10-12,25H,1,6,9,13,15-18,20-22H2,2-3H3/t25-/m0/s1. The van der Waals surface area contributed by atoms with Crippen molar-refractivity contribution in [3.63, 3.8) is 0 Å². The van der Waals surface area contributed by atoms with E-state index in [4.69, 9.17) is 11.6 Å². The van der Waals surface area contributed by atoms with Crippen molar-refractivity contribution in [1.82, 2.24) is 14.4 Å². The summed E-state index contributed by atoms with van der Waals surface area (Å²) < 4.78 is 1.84. The smallest absolute Gasteiger partial charge is 0.270 e. The first kappa shape index (κ1) is 30.5. The first-order valence-electron chi connectivity index (χ1n) is 15.4. The highest BCUT2D eigenvalue weighted by Gasteiger charge is 2.35. The molecule has 4 heterocycles. The normalized spacial score (nSPS) is 19.4. The van der Waals surface area contributed by atoms with Crippen molar-refractivity contribution in [1.29, 1.82) is 10.5 Å². The number of halogens is 1. The lowest BCUT2D eigenvalue weighted by molar-refractivity contribution is -0.125. The Morgan fingerprint density at radius 2 is 1.87 bits per heavy atom. The summed E-state index contributed by atoms with van der Waals surface area (Å²) in [6.07, 6.45) is 4.05. The number of likely N-dealkylation sites (N-methyl/N-ethyl adjacent to an activating group) is 1. The molecule has 1 aromatic heterocycles. The molecule has 0 bridgehead atoms. The van der Waals surface area contributed by atoms with Crippen LogP contribution in [0.1, 0.15) is 36.6 Å². The van der Waals surface area contributed by atoms with Crippen LogP contribution in [0, 0.1) is 22.7 Å². The summed E-state index contributed by atoms with van der Waals surface area (Å²) in [7, 11) is 2.09. The predicted octanol–water partition coefficient (Wildman–Crippen LogP) is 4.82. The van der Waals surface area contributed by atoms with Gasteiger partial charge in [-0.25, -0.2) is 0 Å². The second-order valence-electron chi connectivity index (χ2n) is 12.2. The molecule has 2 aromatic carbocycles. The van der Waals surface area contributed by atoms with Crippen LogP contribution < -0.4 is 15.4 Å². The Hall–Kier alpha value is -4.57. The molecule has 9 nitrogen and oxygen atoms in total. The van der Waals surface area contributed by atoms with Crippen LogP contribution in [0.25, 0.3) is 10.8 Å². The van der Waals surface area contributed by atoms with Gasteiger partial charge in [0, 0.05) is 66.2 Å². The number of anilines is 2. The van der Waals surface area contributed by atoms with Gasteiger partial charge in [0.15, 0.2) is 0 Å². The van der Waals surface area contributed by atoms with Gasteiger partial charge in [0.25, 0.3) is 11.5 Å². The molecule has 0 N–H and O–H groups in total. The van der Waals surface area contributed by atoms with Gasteiger partial charge in [-0.3, -0.25) is 9.59 Å². The highest BCUT2D eigenvalue weighted by Crippen LogP contribution is 2.38. The summed E-state index contributed by atoms with van der Waals surface area (Å²) in [6, 6.07) is 16.6. The third-order valence-corrected chi connectivity index (χ3v) is 9.74. The average molecular weight is 622 g/mol. The van der Waals surface area contributed by atoms with E-state index in [1.807, 2.05) is 27.7 Å². The van der Waals surface area contributed by atoms with Crippen molar-refractivity contribution in [2.45, 2.75) is 45.3 Å². The fourth-order valence-electron chi connectivity index (χ4n) is 7.14. The summed E-state index contributed by atoms with van der Waals surface area (Å²) >= 11 is 6.74. The van der Waals surface area contributed by atoms with Gasteiger partial charge in [-0.15, -0.1) is 0 Å². The van der Waals surface area contributed by atoms with E-state index in [1.165, 1.54) is 6.08 Å². The van der Waals surface area contributed by atoms with E-state index >= 15 is 0 Å². The molecule has 1 atom stereocenters. The fraction of sp³-hybridized carbons (Fsp3) is 0.371. The van der Waals surface area contributed by atoms with Crippen LogP contribution >= 0.6 is 11.6 Å². The molecular weight excluding hydrogens is 586 g/mol. The Bertz CT molecular complexity index is 1880. The van der Waals surface area contributed by atoms with Crippen molar-refractivity contribution >= 4 is 39.7 Å². The van der Waals surface area contributed by atoms with Gasteiger partial charge in [-0.2, -0.15) is 10.5 Å². The number of benzene rings is 2. The molecule has 10 heteroatoms. The lowest BCUT2D eigenvalue weighted by Crippen LogP contribution is -2.49. The fourth-order valence-corrected chi connectivity index (χ4v) is 7.42. The molecule has 6 rings (SSSR count). The zero-order chi connectivity index (χ0) is 31.8. The number of hydrogen-bond acceptors (Lipinski definition) is 7. The number of carbonyl (C=O) groups excluding carboxylic acids is 1. The number of nitrogens with zero attached hydrogens (tertiary/aromatic N) is 7. The van der Waals surface area contributed by atoms with Gasteiger partial charge in [-0.1, -0.05) is 42.4 Å². The highest BCUT2D eigenvalue weighted by molar-refractivity contribution is 6.36. The lowest BCUT2D eigenvalue weighted by atomic mass is 9.96. The molecule has 3 aliphatic rings. The van der Waals surface area contributed by atoms with Crippen LogP contribution in [0.3, 0.4) is 0 Å². The molecule has 2 saturated heterocycles. The van der Waals surface area contributed by atoms with Crippen molar-refractivity contribution in [2.75, 3.05) is 49.6 Å². The molecule has 3 aliphatic heterocycles. The van der Waals surface area contributed by atoms with Crippen molar-refractivity contribution < 1.29 is 4.79 Å². The molecular formula is C35H36ClN7O2. The first-order chi connectivity index (χ1) is 21.7. The van der Waals surface area contributed by atoms with Crippen LogP contribution in [0.4, 0.5) is 11.4 Å². The van der Waals surface area contributed by atoms with E-state index in [-0.39, 0.29) is 29.6 Å². The number of nitriles is 2. The van der Waals surface area contributed by atoms with Crippen LogP contribution in [0.2, 0.25) is 5.02 Å². The Balaban J connectivity index is 1.48. The summed E-state index contributed by atoms with van der Waals surface area (Å²) in [5.74, 6) is -0.237. The van der Waals surface area contributed by atoms with Crippen LogP contribution in [0.15, 0.2) is 65.1 Å². The van der Waals surface area contributed by atoms with Crippen LogP contribution in [0.5, 0.6) is 0 Å². The Kier molecular flexibility index (Phi) is 8.42. The van der Waals surface area contributed by atoms with E-state index in [0.29, 0.717) is 61.1 Å². The van der Waals surface area contributed by atoms with Gasteiger partial charge < -0.3 is 24.2 Å². The third kappa shape index (κ3) is 5.48. The lowest BCUT2D eigenvalue weighted by Gasteiger charge is -2.41. The van der Waals surface area contributed by atoms with Crippen molar-refractivity contribution in [3.8, 4) is 12.1 Å². The zero-order valence-corrected chi connectivity index (χ0v) is 26.5. The molecule has 3 aromatic rings. The topological polar surface area (TPSA) is 99.6 Å². The molecule has 1 amide bonds. The molecule has 0 unspecified atom stereocenters. The van der Waals surface area contributed by atoms with Crippen LogP contribution in [-0.4, -0.2) is 66.1 Å². The molecule has 0 aliphatic carbocycles.